The topological polar surface area (TPSA) is 47.3 Å². The maximum atomic E-state index is 13.5. The van der Waals surface area contributed by atoms with E-state index in [-0.39, 0.29) is 5.91 Å². The molecule has 2 aromatic rings. The van der Waals surface area contributed by atoms with E-state index in [4.69, 9.17) is 0 Å². The third-order valence-corrected chi connectivity index (χ3v) is 5.44. The van der Waals surface area contributed by atoms with Crippen LogP contribution >= 0.6 is 0 Å². The van der Waals surface area contributed by atoms with Crippen molar-refractivity contribution < 1.29 is 4.79 Å². The Morgan fingerprint density at radius 3 is 2.48 bits per heavy atom. The lowest BCUT2D eigenvalue weighted by molar-refractivity contribution is -0.0268. The molecule has 2 aromatic carbocycles. The van der Waals surface area contributed by atoms with Gasteiger partial charge in [0, 0.05) is 24.7 Å². The van der Waals surface area contributed by atoms with Gasteiger partial charge in [-0.2, -0.15) is 5.26 Å². The van der Waals surface area contributed by atoms with Gasteiger partial charge >= 0.3 is 0 Å². The van der Waals surface area contributed by atoms with Crippen LogP contribution in [-0.4, -0.2) is 35.1 Å². The third kappa shape index (κ3) is 4.04. The Balaban J connectivity index is 1.66. The molecular weight excluding hydrogens is 334 g/mol. The average molecular weight is 359 g/mol. The van der Waals surface area contributed by atoms with E-state index in [1.54, 1.807) is 6.07 Å². The van der Waals surface area contributed by atoms with Crippen LogP contribution < -0.4 is 0 Å². The van der Waals surface area contributed by atoms with Gasteiger partial charge in [0.25, 0.3) is 5.91 Å². The molecule has 27 heavy (non-hydrogen) atoms. The predicted octanol–water partition coefficient (Wildman–Crippen LogP) is 4.15. The minimum atomic E-state index is 0.0924. The van der Waals surface area contributed by atoms with E-state index in [9.17, 15) is 10.1 Å². The fourth-order valence-electron chi connectivity index (χ4n) is 3.89. The molecule has 1 heterocycles. The third-order valence-electron chi connectivity index (χ3n) is 5.44. The number of nitrogens with zero attached hydrogens (tertiary/aromatic N) is 3. The van der Waals surface area contributed by atoms with Crippen molar-refractivity contribution in [2.45, 2.75) is 44.6 Å². The van der Waals surface area contributed by atoms with Crippen LogP contribution in [0.1, 0.15) is 59.2 Å². The van der Waals surface area contributed by atoms with Gasteiger partial charge in [0.2, 0.25) is 0 Å². The average Bonchev–Trinajstić information content (AvgIpc) is 3.54. The van der Waals surface area contributed by atoms with E-state index in [1.165, 1.54) is 6.42 Å². The SMILES string of the molecule is N#Cc1ccc(C(=O)N(C2CC2)N2CCCCC2)c(Cc2ccccc2)c1. The highest BCUT2D eigenvalue weighted by Crippen LogP contribution is 2.32. The first-order valence-corrected chi connectivity index (χ1v) is 9.91. The monoisotopic (exact) mass is 359 g/mol. The molecule has 1 saturated carbocycles. The quantitative estimate of drug-likeness (QED) is 0.805. The minimum absolute atomic E-state index is 0.0924. The number of rotatable bonds is 5. The molecule has 0 radical (unpaired) electrons. The van der Waals surface area contributed by atoms with Gasteiger partial charge in [-0.1, -0.05) is 36.8 Å². The van der Waals surface area contributed by atoms with Crippen LogP contribution in [0.5, 0.6) is 0 Å². The van der Waals surface area contributed by atoms with E-state index >= 15 is 0 Å². The molecule has 1 aliphatic carbocycles. The number of benzene rings is 2. The summed E-state index contributed by atoms with van der Waals surface area (Å²) in [5.41, 5.74) is 3.43. The highest BCUT2D eigenvalue weighted by Gasteiger charge is 2.38. The summed E-state index contributed by atoms with van der Waals surface area (Å²) in [7, 11) is 0. The summed E-state index contributed by atoms with van der Waals surface area (Å²) in [5.74, 6) is 0.0924. The molecule has 0 atom stereocenters. The molecule has 2 fully saturated rings. The zero-order valence-corrected chi connectivity index (χ0v) is 15.6. The molecule has 138 valence electrons. The van der Waals surface area contributed by atoms with Gasteiger partial charge in [0.1, 0.15) is 0 Å². The Hall–Kier alpha value is -2.64. The smallest absolute Gasteiger partial charge is 0.268 e. The van der Waals surface area contributed by atoms with E-state index in [0.29, 0.717) is 18.0 Å². The Kier molecular flexibility index (Phi) is 5.22. The second-order valence-electron chi connectivity index (χ2n) is 7.54. The highest BCUT2D eigenvalue weighted by atomic mass is 16.2. The van der Waals surface area contributed by atoms with Crippen LogP contribution in [0, 0.1) is 11.3 Å². The van der Waals surface area contributed by atoms with Crippen molar-refractivity contribution in [2.24, 2.45) is 0 Å². The summed E-state index contributed by atoms with van der Waals surface area (Å²) >= 11 is 0. The summed E-state index contributed by atoms with van der Waals surface area (Å²) < 4.78 is 0. The van der Waals surface area contributed by atoms with Gasteiger partial charge in [-0.3, -0.25) is 9.80 Å². The van der Waals surface area contributed by atoms with E-state index in [2.05, 4.69) is 23.2 Å². The molecular formula is C23H25N3O. The zero-order chi connectivity index (χ0) is 18.6. The highest BCUT2D eigenvalue weighted by molar-refractivity contribution is 5.96. The summed E-state index contributed by atoms with van der Waals surface area (Å²) in [6, 6.07) is 18.2. The number of hydrogen-bond acceptors (Lipinski definition) is 3. The van der Waals surface area contributed by atoms with Crippen molar-refractivity contribution in [3.05, 3.63) is 70.8 Å². The Bertz CT molecular complexity index is 846. The van der Waals surface area contributed by atoms with Gasteiger partial charge in [-0.05, 0) is 61.4 Å². The van der Waals surface area contributed by atoms with Gasteiger partial charge in [-0.25, -0.2) is 5.01 Å². The molecule has 1 amide bonds. The maximum absolute atomic E-state index is 13.5. The van der Waals surface area contributed by atoms with Crippen molar-refractivity contribution in [2.75, 3.05) is 13.1 Å². The first kappa shape index (κ1) is 17.8. The molecule has 0 aromatic heterocycles. The molecule has 4 heteroatoms. The van der Waals surface area contributed by atoms with E-state index in [1.807, 2.05) is 35.3 Å². The van der Waals surface area contributed by atoms with Crippen LogP contribution in [-0.2, 0) is 6.42 Å². The first-order chi connectivity index (χ1) is 13.3. The molecule has 0 N–H and O–H groups in total. The molecule has 1 saturated heterocycles. The summed E-state index contributed by atoms with van der Waals surface area (Å²) in [6.07, 6.45) is 6.40. The van der Waals surface area contributed by atoms with Crippen molar-refractivity contribution in [1.29, 1.82) is 5.26 Å². The molecule has 0 unspecified atom stereocenters. The van der Waals surface area contributed by atoms with Crippen molar-refractivity contribution in [1.82, 2.24) is 10.0 Å². The maximum Gasteiger partial charge on any atom is 0.268 e. The lowest BCUT2D eigenvalue weighted by Crippen LogP contribution is -2.50. The fraction of sp³-hybridized carbons (Fsp3) is 0.391. The summed E-state index contributed by atoms with van der Waals surface area (Å²) in [5, 5.41) is 13.6. The second-order valence-corrected chi connectivity index (χ2v) is 7.54. The molecule has 0 bridgehead atoms. The van der Waals surface area contributed by atoms with Crippen LogP contribution in [0.4, 0.5) is 0 Å². The number of amides is 1. The lowest BCUT2D eigenvalue weighted by Gasteiger charge is -2.38. The van der Waals surface area contributed by atoms with E-state index < -0.39 is 0 Å². The molecule has 0 spiro atoms. The van der Waals surface area contributed by atoms with E-state index in [0.717, 1.165) is 55.5 Å². The molecule has 4 nitrogen and oxygen atoms in total. The number of piperidine rings is 1. The van der Waals surface area contributed by atoms with Gasteiger partial charge < -0.3 is 0 Å². The van der Waals surface area contributed by atoms with Crippen LogP contribution in [0.25, 0.3) is 0 Å². The van der Waals surface area contributed by atoms with Crippen LogP contribution in [0.3, 0.4) is 0 Å². The zero-order valence-electron chi connectivity index (χ0n) is 15.6. The first-order valence-electron chi connectivity index (χ1n) is 9.91. The van der Waals surface area contributed by atoms with Crippen molar-refractivity contribution in [3.63, 3.8) is 0 Å². The predicted molar refractivity (Wildman–Crippen MR) is 105 cm³/mol. The normalized spacial score (nSPS) is 17.3. The molecule has 4 rings (SSSR count). The molecule has 1 aliphatic heterocycles. The minimum Gasteiger partial charge on any atom is -0.268 e. The van der Waals surface area contributed by atoms with Crippen LogP contribution in [0.2, 0.25) is 0 Å². The number of hydrogen-bond donors (Lipinski definition) is 0. The Morgan fingerprint density at radius 1 is 1.07 bits per heavy atom. The molecule has 2 aliphatic rings. The number of hydrazine groups is 1. The summed E-state index contributed by atoms with van der Waals surface area (Å²) in [4.78, 5) is 13.5. The Morgan fingerprint density at radius 2 is 1.81 bits per heavy atom. The number of carbonyl (C=O) groups excluding carboxylic acids is 1. The second kappa shape index (κ2) is 7.94. The van der Waals surface area contributed by atoms with Crippen molar-refractivity contribution in [3.8, 4) is 6.07 Å². The summed E-state index contributed by atoms with van der Waals surface area (Å²) in [6.45, 7) is 1.93. The Labute approximate surface area is 161 Å². The fourth-order valence-corrected chi connectivity index (χ4v) is 3.89. The standard InChI is InChI=1S/C23H25N3O/c24-17-19-9-12-22(20(16-19)15-18-7-3-1-4-8-18)23(27)26(21-10-11-21)25-13-5-2-6-14-25/h1,3-4,7-9,12,16,21H,2,5-6,10-11,13-15H2. The van der Waals surface area contributed by atoms with Gasteiger partial charge in [-0.15, -0.1) is 0 Å². The number of carbonyl (C=O) groups is 1. The van der Waals surface area contributed by atoms with Crippen LogP contribution in [0.15, 0.2) is 48.5 Å². The van der Waals surface area contributed by atoms with Crippen molar-refractivity contribution >= 4 is 5.91 Å². The lowest BCUT2D eigenvalue weighted by atomic mass is 9.97. The van der Waals surface area contributed by atoms with Gasteiger partial charge in [0.15, 0.2) is 0 Å². The largest absolute Gasteiger partial charge is 0.268 e. The van der Waals surface area contributed by atoms with Gasteiger partial charge in [0.05, 0.1) is 11.6 Å². The number of nitriles is 1.